The van der Waals surface area contributed by atoms with Gasteiger partial charge in [-0.05, 0) is 62.4 Å². The van der Waals surface area contributed by atoms with Crippen LogP contribution in [0.25, 0.3) is 100 Å². The van der Waals surface area contributed by atoms with Crippen LogP contribution in [0.4, 0.5) is 0 Å². The van der Waals surface area contributed by atoms with E-state index in [1.54, 1.807) is 0 Å². The normalized spacial score (nSPS) is 11.2. The summed E-state index contributed by atoms with van der Waals surface area (Å²) in [6, 6.07) is 74.5. The van der Waals surface area contributed by atoms with Crippen molar-refractivity contribution in [3.05, 3.63) is 212 Å². The van der Waals surface area contributed by atoms with Crippen LogP contribution in [0.1, 0.15) is 0 Å². The van der Waals surface area contributed by atoms with Crippen LogP contribution in [0.2, 0.25) is 0 Å². The second-order valence-corrected chi connectivity index (χ2v) is 14.0. The van der Waals surface area contributed by atoms with Gasteiger partial charge in [0.05, 0.1) is 22.6 Å². The van der Waals surface area contributed by atoms with Gasteiger partial charge in [0.1, 0.15) is 0 Å². The lowest BCUT2D eigenvalue weighted by atomic mass is 9.90. The van der Waals surface area contributed by atoms with Crippen molar-refractivity contribution in [3.8, 4) is 78.5 Å². The van der Waals surface area contributed by atoms with Crippen molar-refractivity contribution in [2.45, 2.75) is 0 Å². The standard InChI is InChI=1S/C53H35N3/c1-5-15-36(16-6-1)37-25-29-41(30-26-37)49-35-50(56-53(55-49)43-21-11-4-12-22-43)42-31-27-39(28-32-42)46-33-51-52(45-24-14-13-23-44(45)46)47(38-17-7-2-8-18-38)34-48(54-51)40-19-9-3-10-20-40/h1-35H. The average molecular weight is 714 g/mol. The molecule has 10 rings (SSSR count). The number of nitrogens with zero attached hydrogens (tertiary/aromatic N) is 3. The molecule has 0 amide bonds. The topological polar surface area (TPSA) is 38.7 Å². The van der Waals surface area contributed by atoms with E-state index in [0.717, 1.165) is 61.4 Å². The molecule has 10 aromatic rings. The van der Waals surface area contributed by atoms with Crippen LogP contribution in [-0.2, 0) is 0 Å². The minimum Gasteiger partial charge on any atom is -0.248 e. The first-order valence-electron chi connectivity index (χ1n) is 18.9. The van der Waals surface area contributed by atoms with Crippen molar-refractivity contribution < 1.29 is 0 Å². The van der Waals surface area contributed by atoms with E-state index in [-0.39, 0.29) is 0 Å². The molecule has 0 spiro atoms. The first-order chi connectivity index (χ1) is 27.7. The second-order valence-electron chi connectivity index (χ2n) is 14.0. The van der Waals surface area contributed by atoms with Gasteiger partial charge in [-0.1, -0.05) is 194 Å². The highest BCUT2D eigenvalue weighted by Gasteiger charge is 2.17. The summed E-state index contributed by atoms with van der Waals surface area (Å²) < 4.78 is 0. The Morgan fingerprint density at radius 3 is 1.23 bits per heavy atom. The number of hydrogen-bond acceptors (Lipinski definition) is 3. The monoisotopic (exact) mass is 713 g/mol. The minimum atomic E-state index is 0.698. The summed E-state index contributed by atoms with van der Waals surface area (Å²) in [4.78, 5) is 15.5. The van der Waals surface area contributed by atoms with E-state index in [9.17, 15) is 0 Å². The Hall–Kier alpha value is -7.49. The van der Waals surface area contributed by atoms with E-state index in [4.69, 9.17) is 15.0 Å². The van der Waals surface area contributed by atoms with Crippen LogP contribution in [0.5, 0.6) is 0 Å². The van der Waals surface area contributed by atoms with Crippen molar-refractivity contribution in [2.75, 3.05) is 0 Å². The van der Waals surface area contributed by atoms with Crippen LogP contribution < -0.4 is 0 Å². The van der Waals surface area contributed by atoms with Crippen molar-refractivity contribution in [1.29, 1.82) is 0 Å². The highest BCUT2D eigenvalue weighted by molar-refractivity contribution is 6.18. The van der Waals surface area contributed by atoms with Gasteiger partial charge in [0.2, 0.25) is 0 Å². The number of rotatable bonds is 7. The number of aromatic nitrogens is 3. The molecule has 3 heteroatoms. The van der Waals surface area contributed by atoms with Crippen LogP contribution in [0.3, 0.4) is 0 Å². The average Bonchev–Trinajstić information content (AvgIpc) is 3.29. The van der Waals surface area contributed by atoms with E-state index < -0.39 is 0 Å². The van der Waals surface area contributed by atoms with Gasteiger partial charge < -0.3 is 0 Å². The van der Waals surface area contributed by atoms with E-state index in [0.29, 0.717) is 5.82 Å². The molecular weight excluding hydrogens is 679 g/mol. The first-order valence-corrected chi connectivity index (χ1v) is 18.9. The van der Waals surface area contributed by atoms with Crippen molar-refractivity contribution in [3.63, 3.8) is 0 Å². The molecule has 0 aliphatic heterocycles. The highest BCUT2D eigenvalue weighted by Crippen LogP contribution is 2.41. The van der Waals surface area contributed by atoms with E-state index in [1.165, 1.54) is 33.0 Å². The summed E-state index contributed by atoms with van der Waals surface area (Å²) in [6.07, 6.45) is 0. The Balaban J connectivity index is 1.09. The molecule has 0 atom stereocenters. The predicted octanol–water partition coefficient (Wildman–Crippen LogP) is 13.8. The molecule has 3 nitrogen and oxygen atoms in total. The van der Waals surface area contributed by atoms with Crippen LogP contribution in [0.15, 0.2) is 212 Å². The molecule has 56 heavy (non-hydrogen) atoms. The Morgan fingerprint density at radius 2 is 0.643 bits per heavy atom. The number of hydrogen-bond donors (Lipinski definition) is 0. The Kier molecular flexibility index (Phi) is 8.51. The molecule has 0 radical (unpaired) electrons. The molecule has 0 aliphatic carbocycles. The summed E-state index contributed by atoms with van der Waals surface area (Å²) in [7, 11) is 0. The summed E-state index contributed by atoms with van der Waals surface area (Å²) >= 11 is 0. The van der Waals surface area contributed by atoms with Gasteiger partial charge in [0.25, 0.3) is 0 Å². The van der Waals surface area contributed by atoms with Crippen molar-refractivity contribution in [1.82, 2.24) is 15.0 Å². The Labute approximate surface area is 326 Å². The van der Waals surface area contributed by atoms with E-state index in [1.807, 2.05) is 30.3 Å². The fraction of sp³-hybridized carbons (Fsp3) is 0. The third-order valence-electron chi connectivity index (χ3n) is 10.5. The first kappa shape index (κ1) is 33.1. The summed E-state index contributed by atoms with van der Waals surface area (Å²) in [5.41, 5.74) is 14.8. The van der Waals surface area contributed by atoms with Crippen LogP contribution in [-0.4, -0.2) is 15.0 Å². The smallest absolute Gasteiger partial charge is 0.160 e. The Morgan fingerprint density at radius 1 is 0.250 bits per heavy atom. The third kappa shape index (κ3) is 6.31. The lowest BCUT2D eigenvalue weighted by molar-refractivity contribution is 1.18. The van der Waals surface area contributed by atoms with Crippen LogP contribution in [0, 0.1) is 0 Å². The molecule has 2 aromatic heterocycles. The van der Waals surface area contributed by atoms with Crippen LogP contribution >= 0.6 is 0 Å². The molecule has 0 N–H and O–H groups in total. The maximum absolute atomic E-state index is 5.32. The van der Waals surface area contributed by atoms with Gasteiger partial charge in [-0.2, -0.15) is 0 Å². The molecule has 0 saturated heterocycles. The molecule has 0 fully saturated rings. The number of benzene rings is 8. The molecule has 0 saturated carbocycles. The zero-order valence-electron chi connectivity index (χ0n) is 30.5. The fourth-order valence-corrected chi connectivity index (χ4v) is 7.69. The third-order valence-corrected chi connectivity index (χ3v) is 10.5. The summed E-state index contributed by atoms with van der Waals surface area (Å²) in [5, 5.41) is 3.53. The minimum absolute atomic E-state index is 0.698. The lowest BCUT2D eigenvalue weighted by Gasteiger charge is -2.16. The van der Waals surface area contributed by atoms with E-state index >= 15 is 0 Å². The molecule has 0 bridgehead atoms. The second kappa shape index (κ2) is 14.4. The van der Waals surface area contributed by atoms with Gasteiger partial charge >= 0.3 is 0 Å². The molecule has 0 unspecified atom stereocenters. The van der Waals surface area contributed by atoms with Crippen molar-refractivity contribution in [2.24, 2.45) is 0 Å². The SMILES string of the molecule is c1ccc(-c2ccc(-c3cc(-c4ccc(-c5cc6nc(-c7ccccc7)cc(-c7ccccc7)c6c6ccccc56)cc4)nc(-c4ccccc4)n3)cc2)cc1. The zero-order valence-corrected chi connectivity index (χ0v) is 30.5. The quantitative estimate of drug-likeness (QED) is 0.154. The maximum Gasteiger partial charge on any atom is 0.160 e. The Bertz CT molecular complexity index is 2960. The predicted molar refractivity (Wildman–Crippen MR) is 233 cm³/mol. The van der Waals surface area contributed by atoms with Gasteiger partial charge in [-0.3, -0.25) is 0 Å². The lowest BCUT2D eigenvalue weighted by Crippen LogP contribution is -1.96. The molecular formula is C53H35N3. The van der Waals surface area contributed by atoms with Gasteiger partial charge in [-0.15, -0.1) is 0 Å². The largest absolute Gasteiger partial charge is 0.248 e. The fourth-order valence-electron chi connectivity index (χ4n) is 7.69. The number of pyridine rings is 1. The van der Waals surface area contributed by atoms with E-state index in [2.05, 4.69) is 182 Å². The van der Waals surface area contributed by atoms with Gasteiger partial charge in [-0.25, -0.2) is 15.0 Å². The van der Waals surface area contributed by atoms with Gasteiger partial charge in [0, 0.05) is 27.6 Å². The van der Waals surface area contributed by atoms with Crippen molar-refractivity contribution >= 4 is 21.7 Å². The summed E-state index contributed by atoms with van der Waals surface area (Å²) in [5.74, 6) is 0.698. The highest BCUT2D eigenvalue weighted by atomic mass is 14.9. The zero-order chi connectivity index (χ0) is 37.3. The molecule has 262 valence electrons. The summed E-state index contributed by atoms with van der Waals surface area (Å²) in [6.45, 7) is 0. The number of fused-ring (bicyclic) bond motifs is 3. The molecule has 8 aromatic carbocycles. The maximum atomic E-state index is 5.32. The molecule has 0 aliphatic rings. The molecule has 2 heterocycles. The van der Waals surface area contributed by atoms with Gasteiger partial charge in [0.15, 0.2) is 5.82 Å².